The number of phenolic OH excluding ortho intramolecular Hbond substituents is 1. The van der Waals surface area contributed by atoms with E-state index in [-0.39, 0.29) is 5.75 Å². The number of aromatic nitrogens is 1. The molecule has 1 aromatic heterocycles. The quantitative estimate of drug-likeness (QED) is 0.795. The number of ether oxygens (including phenoxy) is 2. The highest BCUT2D eigenvalue weighted by Crippen LogP contribution is 2.37. The van der Waals surface area contributed by atoms with Gasteiger partial charge in [-0.25, -0.2) is 4.98 Å². The molecule has 3 rings (SSSR count). The Morgan fingerprint density at radius 1 is 1.05 bits per heavy atom. The fraction of sp³-hybridized carbons (Fsp3) is 0.118. The minimum Gasteiger partial charge on any atom is -0.502 e. The number of hydrogen-bond acceptors (Lipinski definition) is 5. The van der Waals surface area contributed by atoms with Crippen molar-refractivity contribution in [3.05, 3.63) is 47.9 Å². The van der Waals surface area contributed by atoms with E-state index in [0.717, 1.165) is 16.7 Å². The number of phenols is 1. The summed E-state index contributed by atoms with van der Waals surface area (Å²) in [7, 11) is 2.98. The van der Waals surface area contributed by atoms with Crippen LogP contribution in [-0.4, -0.2) is 24.3 Å². The zero-order valence-electron chi connectivity index (χ0n) is 12.2. The fourth-order valence-electron chi connectivity index (χ4n) is 2.14. The Morgan fingerprint density at radius 3 is 2.36 bits per heavy atom. The van der Waals surface area contributed by atoms with Crippen molar-refractivity contribution < 1.29 is 19.0 Å². The molecule has 0 saturated heterocycles. The maximum Gasteiger partial charge on any atom is 0.220 e. The molecule has 0 unspecified atom stereocenters. The van der Waals surface area contributed by atoms with Crippen LogP contribution in [0.3, 0.4) is 0 Å². The highest BCUT2D eigenvalue weighted by Gasteiger charge is 2.10. The molecule has 0 aliphatic heterocycles. The van der Waals surface area contributed by atoms with Gasteiger partial charge in [-0.05, 0) is 35.9 Å². The normalized spacial score (nSPS) is 11.2. The van der Waals surface area contributed by atoms with E-state index < -0.39 is 0 Å². The van der Waals surface area contributed by atoms with Gasteiger partial charge in [0.2, 0.25) is 11.6 Å². The summed E-state index contributed by atoms with van der Waals surface area (Å²) in [6, 6.07) is 11.0. The van der Waals surface area contributed by atoms with Crippen molar-refractivity contribution in [3.8, 4) is 17.2 Å². The minimum absolute atomic E-state index is 0.0241. The van der Waals surface area contributed by atoms with E-state index in [0.29, 0.717) is 17.4 Å². The van der Waals surface area contributed by atoms with Crippen molar-refractivity contribution in [2.45, 2.75) is 0 Å². The van der Waals surface area contributed by atoms with Gasteiger partial charge in [0.05, 0.1) is 14.2 Å². The number of oxazole rings is 1. The van der Waals surface area contributed by atoms with Gasteiger partial charge in [0, 0.05) is 6.08 Å². The lowest BCUT2D eigenvalue weighted by atomic mass is 10.1. The van der Waals surface area contributed by atoms with Crippen molar-refractivity contribution in [3.63, 3.8) is 0 Å². The number of benzene rings is 2. The third-order valence-corrected chi connectivity index (χ3v) is 3.23. The van der Waals surface area contributed by atoms with E-state index in [4.69, 9.17) is 13.9 Å². The summed E-state index contributed by atoms with van der Waals surface area (Å²) < 4.78 is 15.9. The molecule has 112 valence electrons. The van der Waals surface area contributed by atoms with Crippen LogP contribution in [-0.2, 0) is 0 Å². The van der Waals surface area contributed by atoms with E-state index >= 15 is 0 Å². The van der Waals surface area contributed by atoms with Crippen LogP contribution < -0.4 is 9.47 Å². The molecular formula is C17H15NO4. The third kappa shape index (κ3) is 2.61. The van der Waals surface area contributed by atoms with E-state index in [1.807, 2.05) is 30.3 Å². The van der Waals surface area contributed by atoms with Gasteiger partial charge in [-0.2, -0.15) is 0 Å². The van der Waals surface area contributed by atoms with Crippen LogP contribution in [0.25, 0.3) is 23.3 Å². The first kappa shape index (κ1) is 14.0. The lowest BCUT2D eigenvalue weighted by molar-refractivity contribution is 0.340. The Bertz CT molecular complexity index is 778. The first-order chi connectivity index (χ1) is 10.7. The zero-order valence-corrected chi connectivity index (χ0v) is 12.2. The lowest BCUT2D eigenvalue weighted by Gasteiger charge is -2.09. The van der Waals surface area contributed by atoms with Gasteiger partial charge in [0.25, 0.3) is 0 Å². The molecule has 0 radical (unpaired) electrons. The summed E-state index contributed by atoms with van der Waals surface area (Å²) >= 11 is 0. The molecule has 22 heavy (non-hydrogen) atoms. The molecule has 3 aromatic rings. The molecule has 0 aliphatic rings. The van der Waals surface area contributed by atoms with Crippen molar-refractivity contribution in [1.29, 1.82) is 0 Å². The predicted molar refractivity (Wildman–Crippen MR) is 84.1 cm³/mol. The largest absolute Gasteiger partial charge is 0.502 e. The molecule has 2 aromatic carbocycles. The summed E-state index contributed by atoms with van der Waals surface area (Å²) in [5, 5.41) is 9.89. The Kier molecular flexibility index (Phi) is 3.70. The number of fused-ring (bicyclic) bond motifs is 1. The van der Waals surface area contributed by atoms with Crippen LogP contribution in [0.15, 0.2) is 40.8 Å². The Labute approximate surface area is 127 Å². The van der Waals surface area contributed by atoms with Crippen molar-refractivity contribution in [2.24, 2.45) is 0 Å². The zero-order chi connectivity index (χ0) is 15.5. The van der Waals surface area contributed by atoms with Gasteiger partial charge in [0.15, 0.2) is 17.1 Å². The summed E-state index contributed by atoms with van der Waals surface area (Å²) in [6.45, 7) is 0. The predicted octanol–water partition coefficient (Wildman–Crippen LogP) is 3.72. The van der Waals surface area contributed by atoms with Gasteiger partial charge < -0.3 is 19.0 Å². The second-order valence-corrected chi connectivity index (χ2v) is 4.63. The average molecular weight is 297 g/mol. The van der Waals surface area contributed by atoms with Gasteiger partial charge >= 0.3 is 0 Å². The van der Waals surface area contributed by atoms with E-state index in [1.54, 1.807) is 18.2 Å². The molecule has 0 spiro atoms. The smallest absolute Gasteiger partial charge is 0.220 e. The standard InChI is InChI=1S/C17H15NO4/c1-20-14-9-11(10-15(21-2)17(14)19)7-8-16-18-12-5-3-4-6-13(12)22-16/h3-10,19H,1-2H3/b8-7+. The first-order valence-electron chi connectivity index (χ1n) is 6.70. The van der Waals surface area contributed by atoms with Gasteiger partial charge in [-0.1, -0.05) is 12.1 Å². The van der Waals surface area contributed by atoms with Crippen molar-refractivity contribution in [1.82, 2.24) is 4.98 Å². The molecule has 0 bridgehead atoms. The Hall–Kier alpha value is -2.95. The number of hydrogen-bond donors (Lipinski definition) is 1. The van der Waals surface area contributed by atoms with E-state index in [2.05, 4.69) is 4.98 Å². The molecule has 5 nitrogen and oxygen atoms in total. The van der Waals surface area contributed by atoms with Crippen LogP contribution in [0.2, 0.25) is 0 Å². The van der Waals surface area contributed by atoms with E-state index in [1.165, 1.54) is 14.2 Å². The molecule has 1 N–H and O–H groups in total. The molecular weight excluding hydrogens is 282 g/mol. The first-order valence-corrected chi connectivity index (χ1v) is 6.70. The molecule has 0 amide bonds. The summed E-state index contributed by atoms with van der Waals surface area (Å²) in [6.07, 6.45) is 3.57. The number of aromatic hydroxyl groups is 1. The van der Waals surface area contributed by atoms with Crippen molar-refractivity contribution >= 4 is 23.3 Å². The number of nitrogens with zero attached hydrogens (tertiary/aromatic N) is 1. The average Bonchev–Trinajstić information content (AvgIpc) is 2.96. The summed E-state index contributed by atoms with van der Waals surface area (Å²) in [4.78, 5) is 4.37. The monoisotopic (exact) mass is 297 g/mol. The maximum absolute atomic E-state index is 9.89. The molecule has 1 heterocycles. The Balaban J connectivity index is 1.94. The lowest BCUT2D eigenvalue weighted by Crippen LogP contribution is -1.90. The Morgan fingerprint density at radius 2 is 1.73 bits per heavy atom. The molecule has 0 atom stereocenters. The van der Waals surface area contributed by atoms with Crippen LogP contribution >= 0.6 is 0 Å². The molecule has 0 saturated carbocycles. The van der Waals surface area contributed by atoms with Crippen LogP contribution in [0.1, 0.15) is 11.5 Å². The van der Waals surface area contributed by atoms with Crippen LogP contribution in [0, 0.1) is 0 Å². The maximum atomic E-state index is 9.89. The number of rotatable bonds is 4. The van der Waals surface area contributed by atoms with Gasteiger partial charge in [0.1, 0.15) is 5.52 Å². The second-order valence-electron chi connectivity index (χ2n) is 4.63. The summed E-state index contributed by atoms with van der Waals surface area (Å²) in [5.74, 6) is 1.17. The molecule has 5 heteroatoms. The SMILES string of the molecule is COc1cc(/C=C/c2nc3ccccc3o2)cc(OC)c1O. The fourth-order valence-corrected chi connectivity index (χ4v) is 2.14. The highest BCUT2D eigenvalue weighted by molar-refractivity contribution is 5.76. The topological polar surface area (TPSA) is 64.7 Å². The van der Waals surface area contributed by atoms with E-state index in [9.17, 15) is 5.11 Å². The second kappa shape index (κ2) is 5.81. The minimum atomic E-state index is -0.0241. The number of methoxy groups -OCH3 is 2. The van der Waals surface area contributed by atoms with Crippen molar-refractivity contribution in [2.75, 3.05) is 14.2 Å². The van der Waals surface area contributed by atoms with Gasteiger partial charge in [-0.15, -0.1) is 0 Å². The summed E-state index contributed by atoms with van der Waals surface area (Å²) in [5.41, 5.74) is 2.35. The van der Waals surface area contributed by atoms with Crippen LogP contribution in [0.5, 0.6) is 17.2 Å². The third-order valence-electron chi connectivity index (χ3n) is 3.23. The molecule has 0 fully saturated rings. The highest BCUT2D eigenvalue weighted by atomic mass is 16.5. The molecule has 0 aliphatic carbocycles. The van der Waals surface area contributed by atoms with Crippen LogP contribution in [0.4, 0.5) is 0 Å². The number of para-hydroxylation sites is 2. The van der Waals surface area contributed by atoms with Gasteiger partial charge in [-0.3, -0.25) is 0 Å².